The molecule has 0 bridgehead atoms. The first-order chi connectivity index (χ1) is 9.29. The fraction of sp³-hybridized carbons (Fsp3) is 0.0769. The van der Waals surface area contributed by atoms with Gasteiger partial charge in [-0.05, 0) is 51.8 Å². The van der Waals surface area contributed by atoms with E-state index in [4.69, 9.17) is 17.3 Å². The zero-order valence-electron chi connectivity index (χ0n) is 10.1. The average Bonchev–Trinajstić information content (AvgIpc) is 2.32. The summed E-state index contributed by atoms with van der Waals surface area (Å²) in [5.41, 5.74) is 6.66. The summed E-state index contributed by atoms with van der Waals surface area (Å²) >= 11 is 12.6. The second kappa shape index (κ2) is 6.05. The van der Waals surface area contributed by atoms with Gasteiger partial charge in [0, 0.05) is 19.7 Å². The molecule has 0 unspecified atom stereocenters. The first kappa shape index (κ1) is 15.8. The van der Waals surface area contributed by atoms with Gasteiger partial charge in [0.05, 0.1) is 10.6 Å². The van der Waals surface area contributed by atoms with Gasteiger partial charge in [0.2, 0.25) is 0 Å². The minimum Gasteiger partial charge on any atom is -0.399 e. The van der Waals surface area contributed by atoms with E-state index >= 15 is 0 Å². The smallest absolute Gasteiger partial charge is 0.183 e. The molecule has 106 valence electrons. The summed E-state index contributed by atoms with van der Waals surface area (Å²) < 4.78 is 26.1. The maximum Gasteiger partial charge on any atom is 0.183 e. The highest BCUT2D eigenvalue weighted by Gasteiger charge is 2.20. The van der Waals surface area contributed by atoms with Gasteiger partial charge >= 0.3 is 0 Å². The van der Waals surface area contributed by atoms with Crippen LogP contribution in [0.5, 0.6) is 0 Å². The number of benzene rings is 2. The molecule has 0 radical (unpaired) electrons. The molecule has 2 aromatic rings. The molecule has 20 heavy (non-hydrogen) atoms. The van der Waals surface area contributed by atoms with Crippen LogP contribution in [0, 0.1) is 0 Å². The summed E-state index contributed by atoms with van der Waals surface area (Å²) in [6.07, 6.45) is 0. The summed E-state index contributed by atoms with van der Waals surface area (Å²) in [7, 11) is -3.50. The van der Waals surface area contributed by atoms with Crippen LogP contribution in [-0.4, -0.2) is 8.42 Å². The van der Waals surface area contributed by atoms with Crippen LogP contribution in [0.25, 0.3) is 0 Å². The lowest BCUT2D eigenvalue weighted by Gasteiger charge is -2.09. The van der Waals surface area contributed by atoms with Crippen molar-refractivity contribution in [3.8, 4) is 0 Å². The Hall–Kier alpha value is -0.560. The third kappa shape index (κ3) is 3.55. The molecule has 0 saturated carbocycles. The minimum atomic E-state index is -3.50. The third-order valence-electron chi connectivity index (χ3n) is 2.65. The minimum absolute atomic E-state index is 0.165. The molecule has 0 fully saturated rings. The van der Waals surface area contributed by atoms with Gasteiger partial charge in [-0.15, -0.1) is 0 Å². The van der Waals surface area contributed by atoms with E-state index in [1.54, 1.807) is 30.3 Å². The van der Waals surface area contributed by atoms with Gasteiger partial charge in [-0.2, -0.15) is 0 Å². The number of rotatable bonds is 3. The standard InChI is InChI=1S/C13H10Br2ClNO2S/c14-9-2-1-8(12(16)5-9)7-20(18,19)13-4-3-10(17)6-11(13)15/h1-6H,7,17H2. The molecule has 0 amide bonds. The maximum absolute atomic E-state index is 12.4. The predicted octanol–water partition coefficient (Wildman–Crippen LogP) is 4.42. The van der Waals surface area contributed by atoms with Crippen LogP contribution in [0.3, 0.4) is 0 Å². The molecule has 3 nitrogen and oxygen atoms in total. The lowest BCUT2D eigenvalue weighted by Crippen LogP contribution is -2.06. The lowest BCUT2D eigenvalue weighted by molar-refractivity contribution is 0.595. The SMILES string of the molecule is Nc1ccc(S(=O)(=O)Cc2ccc(Br)cc2Cl)c(Br)c1. The average molecular weight is 440 g/mol. The van der Waals surface area contributed by atoms with Crippen molar-refractivity contribution in [3.05, 3.63) is 55.9 Å². The molecule has 0 spiro atoms. The van der Waals surface area contributed by atoms with Crippen molar-refractivity contribution in [3.63, 3.8) is 0 Å². The van der Waals surface area contributed by atoms with Crippen LogP contribution in [-0.2, 0) is 15.6 Å². The van der Waals surface area contributed by atoms with E-state index in [-0.39, 0.29) is 10.6 Å². The molecule has 0 aliphatic carbocycles. The number of nitrogens with two attached hydrogens (primary N) is 1. The highest BCUT2D eigenvalue weighted by atomic mass is 79.9. The van der Waals surface area contributed by atoms with Crippen molar-refractivity contribution in [1.29, 1.82) is 0 Å². The molecule has 7 heteroatoms. The number of sulfone groups is 1. The first-order valence-electron chi connectivity index (χ1n) is 5.51. The topological polar surface area (TPSA) is 60.2 Å². The maximum atomic E-state index is 12.4. The van der Waals surface area contributed by atoms with Gasteiger partial charge in [0.15, 0.2) is 9.84 Å². The van der Waals surface area contributed by atoms with Gasteiger partial charge in [-0.25, -0.2) is 8.42 Å². The predicted molar refractivity (Wildman–Crippen MR) is 88.6 cm³/mol. The van der Waals surface area contributed by atoms with E-state index < -0.39 is 9.84 Å². The van der Waals surface area contributed by atoms with Crippen molar-refractivity contribution in [1.82, 2.24) is 0 Å². The molecule has 0 aliphatic heterocycles. The number of halogens is 3. The van der Waals surface area contributed by atoms with Gasteiger partial charge in [-0.1, -0.05) is 33.6 Å². The summed E-state index contributed by atoms with van der Waals surface area (Å²) in [5.74, 6) is -0.165. The molecule has 0 saturated heterocycles. The highest BCUT2D eigenvalue weighted by molar-refractivity contribution is 9.10. The Labute approximate surface area is 139 Å². The van der Waals surface area contributed by atoms with E-state index in [0.29, 0.717) is 20.7 Å². The Morgan fingerprint density at radius 2 is 1.80 bits per heavy atom. The zero-order valence-corrected chi connectivity index (χ0v) is 14.9. The normalized spacial score (nSPS) is 11.6. The molecular weight excluding hydrogens is 429 g/mol. The summed E-state index contributed by atoms with van der Waals surface area (Å²) in [5, 5.41) is 0.412. The molecule has 2 N–H and O–H groups in total. The summed E-state index contributed by atoms with van der Waals surface area (Å²) in [4.78, 5) is 0.200. The van der Waals surface area contributed by atoms with Gasteiger partial charge in [0.25, 0.3) is 0 Å². The first-order valence-corrected chi connectivity index (χ1v) is 9.13. The second-order valence-electron chi connectivity index (χ2n) is 4.18. The Morgan fingerprint density at radius 3 is 2.40 bits per heavy atom. The van der Waals surface area contributed by atoms with Crippen molar-refractivity contribution < 1.29 is 8.42 Å². The van der Waals surface area contributed by atoms with Crippen molar-refractivity contribution in [2.75, 3.05) is 5.73 Å². The van der Waals surface area contributed by atoms with Gasteiger partial charge < -0.3 is 5.73 Å². The monoisotopic (exact) mass is 437 g/mol. The Morgan fingerprint density at radius 1 is 1.10 bits per heavy atom. The Balaban J connectivity index is 2.41. The molecule has 0 atom stereocenters. The van der Waals surface area contributed by atoms with E-state index in [1.165, 1.54) is 6.07 Å². The molecule has 2 aromatic carbocycles. The summed E-state index contributed by atoms with van der Waals surface area (Å²) in [6.45, 7) is 0. The lowest BCUT2D eigenvalue weighted by atomic mass is 10.2. The van der Waals surface area contributed by atoms with Crippen LogP contribution in [0.1, 0.15) is 5.56 Å². The molecule has 0 heterocycles. The van der Waals surface area contributed by atoms with E-state index in [1.807, 2.05) is 0 Å². The van der Waals surface area contributed by atoms with Gasteiger partial charge in [0.1, 0.15) is 0 Å². The van der Waals surface area contributed by atoms with Crippen molar-refractivity contribution in [2.45, 2.75) is 10.6 Å². The fourth-order valence-corrected chi connectivity index (χ4v) is 5.09. The van der Waals surface area contributed by atoms with Crippen LogP contribution in [0.4, 0.5) is 5.69 Å². The van der Waals surface area contributed by atoms with Crippen LogP contribution in [0.15, 0.2) is 50.2 Å². The van der Waals surface area contributed by atoms with Crippen LogP contribution >= 0.6 is 43.5 Å². The van der Waals surface area contributed by atoms with Crippen molar-refractivity contribution >= 4 is 59.0 Å². The summed E-state index contributed by atoms with van der Waals surface area (Å²) in [6, 6.07) is 9.73. The Bertz CT molecular complexity index is 763. The number of hydrogen-bond acceptors (Lipinski definition) is 3. The zero-order chi connectivity index (χ0) is 14.9. The largest absolute Gasteiger partial charge is 0.399 e. The molecule has 0 aromatic heterocycles. The highest BCUT2D eigenvalue weighted by Crippen LogP contribution is 2.29. The second-order valence-corrected chi connectivity index (χ2v) is 8.32. The van der Waals surface area contributed by atoms with E-state index in [9.17, 15) is 8.42 Å². The number of anilines is 1. The Kier molecular flexibility index (Phi) is 4.79. The molecule has 0 aliphatic rings. The number of nitrogen functional groups attached to an aromatic ring is 1. The van der Waals surface area contributed by atoms with Crippen LogP contribution in [0.2, 0.25) is 5.02 Å². The molecular formula is C13H10Br2ClNO2S. The van der Waals surface area contributed by atoms with Gasteiger partial charge in [-0.3, -0.25) is 0 Å². The van der Waals surface area contributed by atoms with Crippen LogP contribution < -0.4 is 5.73 Å². The molecule has 2 rings (SSSR count). The van der Waals surface area contributed by atoms with E-state index in [0.717, 1.165) is 4.47 Å². The quantitative estimate of drug-likeness (QED) is 0.720. The third-order valence-corrected chi connectivity index (χ3v) is 6.13. The number of hydrogen-bond donors (Lipinski definition) is 1. The van der Waals surface area contributed by atoms with Crippen molar-refractivity contribution in [2.24, 2.45) is 0 Å². The fourth-order valence-electron chi connectivity index (χ4n) is 1.69. The van der Waals surface area contributed by atoms with E-state index in [2.05, 4.69) is 31.9 Å².